The molecule has 0 spiro atoms. The lowest BCUT2D eigenvalue weighted by Crippen LogP contribution is -2.29. The lowest BCUT2D eigenvalue weighted by atomic mass is 9.94. The average molecular weight is 519 g/mol. The Morgan fingerprint density at radius 2 is 1.39 bits per heavy atom. The van der Waals surface area contributed by atoms with Crippen LogP contribution in [0.2, 0.25) is 0 Å². The van der Waals surface area contributed by atoms with Crippen molar-refractivity contribution in [3.63, 3.8) is 0 Å². The summed E-state index contributed by atoms with van der Waals surface area (Å²) in [7, 11) is 9.79. The summed E-state index contributed by atoms with van der Waals surface area (Å²) in [6, 6.07) is 16.3. The fourth-order valence-electron chi connectivity index (χ4n) is 4.44. The zero-order valence-electron chi connectivity index (χ0n) is 22.1. The van der Waals surface area contributed by atoms with Gasteiger partial charge in [0.1, 0.15) is 28.8 Å². The first-order valence-electron chi connectivity index (χ1n) is 11.8. The van der Waals surface area contributed by atoms with E-state index in [-0.39, 0.29) is 22.6 Å². The molecule has 9 heteroatoms. The van der Waals surface area contributed by atoms with Gasteiger partial charge >= 0.3 is 0 Å². The fourth-order valence-corrected chi connectivity index (χ4v) is 4.44. The fraction of sp³-hybridized carbons (Fsp3) is 0.241. The lowest BCUT2D eigenvalue weighted by Gasteiger charge is -2.26. The van der Waals surface area contributed by atoms with Gasteiger partial charge in [0.15, 0.2) is 0 Å². The number of aliphatic hydroxyl groups is 1. The number of Topliss-reactive ketones (excluding diaryl/α,β-unsaturated/α-hetero) is 1. The number of anilines is 2. The van der Waals surface area contributed by atoms with Crippen molar-refractivity contribution in [1.29, 1.82) is 0 Å². The van der Waals surface area contributed by atoms with E-state index in [1.165, 1.54) is 33.3 Å². The first-order chi connectivity index (χ1) is 18.2. The Morgan fingerprint density at radius 3 is 1.92 bits per heavy atom. The van der Waals surface area contributed by atoms with E-state index in [2.05, 4.69) is 0 Å². The van der Waals surface area contributed by atoms with Crippen LogP contribution in [0.15, 0.2) is 66.2 Å². The minimum absolute atomic E-state index is 0.0714. The summed E-state index contributed by atoms with van der Waals surface area (Å²) >= 11 is 0. The van der Waals surface area contributed by atoms with Gasteiger partial charge in [-0.2, -0.15) is 0 Å². The molecular formula is C29H30N2O7. The van der Waals surface area contributed by atoms with E-state index in [0.29, 0.717) is 28.5 Å². The highest BCUT2D eigenvalue weighted by Crippen LogP contribution is 2.45. The molecular weight excluding hydrogens is 488 g/mol. The van der Waals surface area contributed by atoms with E-state index in [4.69, 9.17) is 18.9 Å². The summed E-state index contributed by atoms with van der Waals surface area (Å²) in [6.07, 6.45) is 0. The Bertz CT molecular complexity index is 1370. The molecule has 3 aromatic rings. The second-order valence-electron chi connectivity index (χ2n) is 8.79. The van der Waals surface area contributed by atoms with Gasteiger partial charge in [-0.05, 0) is 29.8 Å². The number of benzene rings is 3. The van der Waals surface area contributed by atoms with E-state index >= 15 is 0 Å². The smallest absolute Gasteiger partial charge is 0.300 e. The molecule has 0 radical (unpaired) electrons. The van der Waals surface area contributed by atoms with Crippen LogP contribution >= 0.6 is 0 Å². The first-order valence-corrected chi connectivity index (χ1v) is 11.8. The van der Waals surface area contributed by atoms with E-state index in [9.17, 15) is 14.7 Å². The number of ether oxygens (including phenoxy) is 4. The molecule has 0 aliphatic carbocycles. The number of hydrogen-bond acceptors (Lipinski definition) is 8. The van der Waals surface area contributed by atoms with E-state index in [0.717, 1.165) is 5.69 Å². The van der Waals surface area contributed by atoms with Gasteiger partial charge in [0.05, 0.1) is 51.3 Å². The zero-order chi connectivity index (χ0) is 27.6. The zero-order valence-corrected chi connectivity index (χ0v) is 22.1. The molecule has 0 saturated carbocycles. The van der Waals surface area contributed by atoms with Crippen molar-refractivity contribution in [2.75, 3.05) is 52.3 Å². The van der Waals surface area contributed by atoms with Crippen molar-refractivity contribution in [3.8, 4) is 23.0 Å². The van der Waals surface area contributed by atoms with Gasteiger partial charge in [-0.1, -0.05) is 12.1 Å². The summed E-state index contributed by atoms with van der Waals surface area (Å²) in [5.41, 5.74) is 2.13. The summed E-state index contributed by atoms with van der Waals surface area (Å²) in [4.78, 5) is 30.4. The average Bonchev–Trinajstić information content (AvgIpc) is 3.21. The highest BCUT2D eigenvalue weighted by molar-refractivity contribution is 6.51. The molecule has 1 N–H and O–H groups in total. The SMILES string of the molecule is COc1cc(OC)cc(N2C(=O)C(=O)/C(=C(\O)c3ccc(OC)cc3OC)C2c2ccc(N(C)C)cc2)c1. The molecule has 1 amide bonds. The predicted octanol–water partition coefficient (Wildman–Crippen LogP) is 4.41. The molecule has 3 aromatic carbocycles. The van der Waals surface area contributed by atoms with Crippen LogP contribution in [-0.2, 0) is 9.59 Å². The number of ketones is 1. The van der Waals surface area contributed by atoms with E-state index in [1.807, 2.05) is 43.3 Å². The molecule has 1 unspecified atom stereocenters. The monoisotopic (exact) mass is 518 g/mol. The maximum atomic E-state index is 13.6. The molecule has 38 heavy (non-hydrogen) atoms. The van der Waals surface area contributed by atoms with Crippen LogP contribution in [0.3, 0.4) is 0 Å². The maximum Gasteiger partial charge on any atom is 0.300 e. The van der Waals surface area contributed by atoms with E-state index in [1.54, 1.807) is 36.4 Å². The lowest BCUT2D eigenvalue weighted by molar-refractivity contribution is -0.132. The molecule has 9 nitrogen and oxygen atoms in total. The Kier molecular flexibility index (Phi) is 7.47. The quantitative estimate of drug-likeness (QED) is 0.266. The summed E-state index contributed by atoms with van der Waals surface area (Å²) in [6.45, 7) is 0. The number of nitrogens with zero attached hydrogens (tertiary/aromatic N) is 2. The number of hydrogen-bond donors (Lipinski definition) is 1. The van der Waals surface area contributed by atoms with Crippen molar-refractivity contribution in [1.82, 2.24) is 0 Å². The van der Waals surface area contributed by atoms with Crippen molar-refractivity contribution in [3.05, 3.63) is 77.4 Å². The van der Waals surface area contributed by atoms with Crippen LogP contribution < -0.4 is 28.7 Å². The maximum absolute atomic E-state index is 13.6. The molecule has 1 atom stereocenters. The molecule has 0 bridgehead atoms. The summed E-state index contributed by atoms with van der Waals surface area (Å²) in [5.74, 6) is -0.294. The number of amides is 1. The number of carbonyl (C=O) groups is 2. The van der Waals surface area contributed by atoms with Gasteiger partial charge in [-0.3, -0.25) is 14.5 Å². The molecule has 1 fully saturated rings. The van der Waals surface area contributed by atoms with Crippen LogP contribution in [0.4, 0.5) is 11.4 Å². The number of rotatable bonds is 8. The van der Waals surface area contributed by atoms with Crippen molar-refractivity contribution in [2.24, 2.45) is 0 Å². The Hall–Kier alpha value is -4.66. The van der Waals surface area contributed by atoms with Gasteiger partial charge in [0.25, 0.3) is 11.7 Å². The number of methoxy groups -OCH3 is 4. The molecule has 1 saturated heterocycles. The van der Waals surface area contributed by atoms with Gasteiger partial charge in [0, 0.05) is 44.0 Å². The highest BCUT2D eigenvalue weighted by atomic mass is 16.5. The topological polar surface area (TPSA) is 97.8 Å². The van der Waals surface area contributed by atoms with Gasteiger partial charge in [-0.15, -0.1) is 0 Å². The molecule has 198 valence electrons. The normalized spacial score (nSPS) is 16.4. The Balaban J connectivity index is 1.98. The minimum atomic E-state index is -0.935. The van der Waals surface area contributed by atoms with Gasteiger partial charge in [-0.25, -0.2) is 0 Å². The largest absolute Gasteiger partial charge is 0.507 e. The molecule has 4 rings (SSSR count). The van der Waals surface area contributed by atoms with Crippen molar-refractivity contribution >= 4 is 28.8 Å². The van der Waals surface area contributed by atoms with Gasteiger partial charge in [0.2, 0.25) is 0 Å². The van der Waals surface area contributed by atoms with Crippen LogP contribution in [-0.4, -0.2) is 59.3 Å². The third-order valence-corrected chi connectivity index (χ3v) is 6.45. The number of carbonyl (C=O) groups excluding carboxylic acids is 2. The number of aliphatic hydroxyl groups excluding tert-OH is 1. The summed E-state index contributed by atoms with van der Waals surface area (Å²) < 4.78 is 21.5. The summed E-state index contributed by atoms with van der Waals surface area (Å²) in [5, 5.41) is 11.5. The molecule has 1 heterocycles. The minimum Gasteiger partial charge on any atom is -0.507 e. The van der Waals surface area contributed by atoms with Crippen molar-refractivity contribution < 1.29 is 33.6 Å². The molecule has 1 aliphatic heterocycles. The first kappa shape index (κ1) is 26.4. The third kappa shape index (κ3) is 4.70. The highest BCUT2D eigenvalue weighted by Gasteiger charge is 2.47. The molecule has 1 aliphatic rings. The molecule has 0 aromatic heterocycles. The van der Waals surface area contributed by atoms with Gasteiger partial charge < -0.3 is 29.0 Å². The van der Waals surface area contributed by atoms with E-state index < -0.39 is 17.7 Å². The third-order valence-electron chi connectivity index (χ3n) is 6.45. The Labute approximate surface area is 221 Å². The van der Waals surface area contributed by atoms with Crippen molar-refractivity contribution in [2.45, 2.75) is 6.04 Å². The van der Waals surface area contributed by atoms with Crippen LogP contribution in [0.5, 0.6) is 23.0 Å². The standard InChI is InChI=1S/C29H30N2O7/c1-30(2)18-9-7-17(8-10-18)26-25(27(32)23-12-11-20(35-3)16-24(23)38-6)28(33)29(34)31(26)19-13-21(36-4)15-22(14-19)37-5/h7-16,26,32H,1-6H3/b27-25-. The Morgan fingerprint density at radius 1 is 0.789 bits per heavy atom. The van der Waals surface area contributed by atoms with Crippen LogP contribution in [0, 0.1) is 0 Å². The predicted molar refractivity (Wildman–Crippen MR) is 145 cm³/mol. The second-order valence-corrected chi connectivity index (χ2v) is 8.79. The van der Waals surface area contributed by atoms with Crippen LogP contribution in [0.25, 0.3) is 5.76 Å². The van der Waals surface area contributed by atoms with Crippen LogP contribution in [0.1, 0.15) is 17.2 Å². The second kappa shape index (κ2) is 10.8.